The number of alkyl halides is 2. The molecule has 12 heavy (non-hydrogen) atoms. The monoisotopic (exact) mass is 176 g/mol. The largest absolute Gasteiger partial charge is 0.303 e. The molecule has 2 unspecified atom stereocenters. The molecular formula is C7H10F2N2O. The van der Waals surface area contributed by atoms with E-state index < -0.39 is 17.9 Å². The van der Waals surface area contributed by atoms with Gasteiger partial charge in [-0.15, -0.1) is 0 Å². The summed E-state index contributed by atoms with van der Waals surface area (Å²) in [5, 5.41) is 4.76. The normalized spacial score (nSPS) is 29.5. The van der Waals surface area contributed by atoms with Crippen molar-refractivity contribution in [2.75, 3.05) is 7.05 Å². The van der Waals surface area contributed by atoms with Gasteiger partial charge >= 0.3 is 0 Å². The number of carbonyl (C=O) groups excluding carboxylic acids is 1. The van der Waals surface area contributed by atoms with E-state index in [9.17, 15) is 13.6 Å². The average molecular weight is 176 g/mol. The smallest absolute Gasteiger partial charge is 0.267 e. The maximum absolute atomic E-state index is 12.8. The minimum atomic E-state index is -2.91. The van der Waals surface area contributed by atoms with Gasteiger partial charge in [0.25, 0.3) is 5.92 Å². The molecule has 0 aromatic heterocycles. The fourth-order valence-corrected chi connectivity index (χ4v) is 1.36. The lowest BCUT2D eigenvalue weighted by molar-refractivity contribution is -0.116. The summed E-state index contributed by atoms with van der Waals surface area (Å²) < 4.78 is 25.7. The van der Waals surface area contributed by atoms with Crippen molar-refractivity contribution in [1.29, 1.82) is 0 Å². The molecular weight excluding hydrogens is 166 g/mol. The van der Waals surface area contributed by atoms with Gasteiger partial charge in [0.2, 0.25) is 0 Å². The summed E-state index contributed by atoms with van der Waals surface area (Å²) in [6.07, 6.45) is 1.74. The maximum Gasteiger partial charge on any atom is 0.267 e. The molecule has 1 heterocycles. The van der Waals surface area contributed by atoms with E-state index in [1.54, 1.807) is 0 Å². The minimum absolute atomic E-state index is 0.495. The molecule has 1 aliphatic rings. The number of halogens is 2. The van der Waals surface area contributed by atoms with Crippen LogP contribution in [0.2, 0.25) is 0 Å². The Morgan fingerprint density at radius 3 is 2.58 bits per heavy atom. The number of carbonyl (C=O) groups is 1. The Labute approximate surface area is 69.0 Å². The highest BCUT2D eigenvalue weighted by Gasteiger charge is 2.44. The lowest BCUT2D eigenvalue weighted by atomic mass is 9.98. The number of rotatable bonds is 2. The van der Waals surface area contributed by atoms with Crippen molar-refractivity contribution >= 4 is 12.5 Å². The Morgan fingerprint density at radius 2 is 2.25 bits per heavy atom. The van der Waals surface area contributed by atoms with Gasteiger partial charge in [-0.1, -0.05) is 0 Å². The first-order valence-electron chi connectivity index (χ1n) is 3.57. The zero-order valence-corrected chi connectivity index (χ0v) is 6.87. The van der Waals surface area contributed by atoms with Crippen molar-refractivity contribution in [3.8, 4) is 0 Å². The molecule has 2 atom stereocenters. The van der Waals surface area contributed by atoms with Gasteiger partial charge in [0.1, 0.15) is 12.3 Å². The van der Waals surface area contributed by atoms with Gasteiger partial charge in [-0.25, -0.2) is 8.78 Å². The van der Waals surface area contributed by atoms with E-state index in [0.717, 1.165) is 11.9 Å². The van der Waals surface area contributed by atoms with E-state index in [-0.39, 0.29) is 0 Å². The van der Waals surface area contributed by atoms with E-state index >= 15 is 0 Å². The minimum Gasteiger partial charge on any atom is -0.303 e. The highest BCUT2D eigenvalue weighted by Crippen LogP contribution is 2.29. The highest BCUT2D eigenvalue weighted by atomic mass is 19.3. The SMILES string of the molecule is CN1N=CC(C=O)C1C(C)(F)F. The van der Waals surface area contributed by atoms with Gasteiger partial charge < -0.3 is 4.79 Å². The van der Waals surface area contributed by atoms with Crippen LogP contribution in [0.15, 0.2) is 5.10 Å². The van der Waals surface area contributed by atoms with Gasteiger partial charge in [-0.2, -0.15) is 5.10 Å². The summed E-state index contributed by atoms with van der Waals surface area (Å²) in [6, 6.07) is -1.13. The Balaban J connectivity index is 2.82. The standard InChI is InChI=1S/C7H10F2N2O/c1-7(8,9)6-5(4-12)3-10-11(6)2/h3-6H,1-2H3. The summed E-state index contributed by atoms with van der Waals surface area (Å²) in [5.74, 6) is -3.70. The molecule has 0 bridgehead atoms. The topological polar surface area (TPSA) is 32.7 Å². The van der Waals surface area contributed by atoms with Crippen LogP contribution in [-0.4, -0.2) is 36.5 Å². The summed E-state index contributed by atoms with van der Waals surface area (Å²) >= 11 is 0. The van der Waals surface area contributed by atoms with Crippen LogP contribution in [0.5, 0.6) is 0 Å². The second-order valence-electron chi connectivity index (χ2n) is 2.95. The molecule has 0 aromatic carbocycles. The van der Waals surface area contributed by atoms with Crippen molar-refractivity contribution in [1.82, 2.24) is 5.01 Å². The summed E-state index contributed by atoms with van der Waals surface area (Å²) in [7, 11) is 1.43. The van der Waals surface area contributed by atoms with Crippen LogP contribution in [0.25, 0.3) is 0 Å². The van der Waals surface area contributed by atoms with E-state index in [2.05, 4.69) is 5.10 Å². The molecule has 5 heteroatoms. The van der Waals surface area contributed by atoms with Gasteiger partial charge in [0.05, 0.1) is 5.92 Å². The van der Waals surface area contributed by atoms with Crippen LogP contribution in [0.4, 0.5) is 8.78 Å². The van der Waals surface area contributed by atoms with Crippen LogP contribution in [0.1, 0.15) is 6.92 Å². The Kier molecular flexibility index (Phi) is 2.12. The van der Waals surface area contributed by atoms with Crippen molar-refractivity contribution in [2.45, 2.75) is 18.9 Å². The molecule has 0 N–H and O–H groups in total. The summed E-state index contributed by atoms with van der Waals surface area (Å²) in [5.41, 5.74) is 0. The van der Waals surface area contributed by atoms with Gasteiger partial charge in [-0.3, -0.25) is 5.01 Å². The number of hydrogen-bond acceptors (Lipinski definition) is 3. The van der Waals surface area contributed by atoms with E-state index in [4.69, 9.17) is 0 Å². The van der Waals surface area contributed by atoms with Crippen LogP contribution in [0, 0.1) is 5.92 Å². The third-order valence-electron chi connectivity index (χ3n) is 1.86. The van der Waals surface area contributed by atoms with Crippen molar-refractivity contribution < 1.29 is 13.6 Å². The van der Waals surface area contributed by atoms with Crippen molar-refractivity contribution in [3.63, 3.8) is 0 Å². The predicted molar refractivity (Wildman–Crippen MR) is 40.2 cm³/mol. The second kappa shape index (κ2) is 2.80. The van der Waals surface area contributed by atoms with Crippen LogP contribution in [0.3, 0.4) is 0 Å². The number of aldehydes is 1. The van der Waals surface area contributed by atoms with Gasteiger partial charge in [-0.05, 0) is 0 Å². The first kappa shape index (κ1) is 9.09. The zero-order chi connectivity index (χ0) is 9.35. The lowest BCUT2D eigenvalue weighted by Gasteiger charge is -2.27. The zero-order valence-electron chi connectivity index (χ0n) is 6.87. The van der Waals surface area contributed by atoms with E-state index in [1.807, 2.05) is 0 Å². The molecule has 0 amide bonds. The molecule has 3 nitrogen and oxygen atoms in total. The molecule has 0 aliphatic carbocycles. The van der Waals surface area contributed by atoms with E-state index in [1.165, 1.54) is 13.3 Å². The molecule has 0 saturated heterocycles. The Morgan fingerprint density at radius 1 is 1.67 bits per heavy atom. The number of nitrogens with zero attached hydrogens (tertiary/aromatic N) is 2. The molecule has 68 valence electrons. The number of hydrazone groups is 1. The second-order valence-corrected chi connectivity index (χ2v) is 2.95. The summed E-state index contributed by atoms with van der Waals surface area (Å²) in [6.45, 7) is 0.791. The van der Waals surface area contributed by atoms with Crippen molar-refractivity contribution in [2.24, 2.45) is 11.0 Å². The fourth-order valence-electron chi connectivity index (χ4n) is 1.36. The molecule has 0 fully saturated rings. The quantitative estimate of drug-likeness (QED) is 0.582. The first-order valence-corrected chi connectivity index (χ1v) is 3.57. The molecule has 0 radical (unpaired) electrons. The van der Waals surface area contributed by atoms with Crippen LogP contribution < -0.4 is 0 Å². The van der Waals surface area contributed by atoms with Crippen LogP contribution in [-0.2, 0) is 4.79 Å². The predicted octanol–water partition coefficient (Wildman–Crippen LogP) is 0.756. The summed E-state index contributed by atoms with van der Waals surface area (Å²) in [4.78, 5) is 10.4. The molecule has 0 spiro atoms. The Bertz CT molecular complexity index is 212. The fraction of sp³-hybridized carbons (Fsp3) is 0.714. The highest BCUT2D eigenvalue weighted by molar-refractivity contribution is 5.83. The van der Waals surface area contributed by atoms with Gasteiger partial charge in [0.15, 0.2) is 0 Å². The van der Waals surface area contributed by atoms with Crippen molar-refractivity contribution in [3.05, 3.63) is 0 Å². The first-order chi connectivity index (χ1) is 5.46. The average Bonchev–Trinajstić information content (AvgIpc) is 2.29. The Hall–Kier alpha value is -1.00. The molecule has 0 saturated carbocycles. The molecule has 1 aliphatic heterocycles. The van der Waals surface area contributed by atoms with Crippen LogP contribution >= 0.6 is 0 Å². The molecule has 0 aromatic rings. The maximum atomic E-state index is 12.8. The lowest BCUT2D eigenvalue weighted by Crippen LogP contribution is -2.44. The number of hydrogen-bond donors (Lipinski definition) is 0. The third kappa shape index (κ3) is 1.44. The van der Waals surface area contributed by atoms with Gasteiger partial charge in [0, 0.05) is 20.2 Å². The third-order valence-corrected chi connectivity index (χ3v) is 1.86. The van der Waals surface area contributed by atoms with E-state index in [0.29, 0.717) is 6.29 Å². The molecule has 1 rings (SSSR count).